The van der Waals surface area contributed by atoms with Crippen LogP contribution in [0.3, 0.4) is 0 Å². The first-order valence-electron chi connectivity index (χ1n) is 2.27. The molecule has 0 aliphatic rings. The normalized spacial score (nSPS) is 9.75. The van der Waals surface area contributed by atoms with E-state index in [1.54, 1.807) is 11.3 Å². The van der Waals surface area contributed by atoms with Gasteiger partial charge in [0.25, 0.3) is 0 Å². The van der Waals surface area contributed by atoms with Crippen molar-refractivity contribution in [1.29, 1.82) is 0 Å². The summed E-state index contributed by atoms with van der Waals surface area (Å²) in [5.74, 6) is 0. The van der Waals surface area contributed by atoms with E-state index < -0.39 is 0 Å². The highest BCUT2D eigenvalue weighted by molar-refractivity contribution is 14.1. The molecule has 0 aromatic carbocycles. The molecule has 0 bridgehead atoms. The lowest BCUT2D eigenvalue weighted by Crippen LogP contribution is -1.90. The Morgan fingerprint density at radius 3 is 2.62 bits per heavy atom. The van der Waals surface area contributed by atoms with Gasteiger partial charge in [-0.15, -0.1) is 11.3 Å². The lowest BCUT2D eigenvalue weighted by Gasteiger charge is -1.80. The summed E-state index contributed by atoms with van der Waals surface area (Å²) in [7, 11) is 0. The lowest BCUT2D eigenvalue weighted by atomic mass is 10.5. The minimum absolute atomic E-state index is 0.674. The monoisotopic (exact) mass is 239 g/mol. The van der Waals surface area contributed by atoms with E-state index in [2.05, 4.69) is 34.7 Å². The molecule has 1 aromatic heterocycles. The summed E-state index contributed by atoms with van der Waals surface area (Å²) < 4.78 is 1.31. The van der Waals surface area contributed by atoms with Gasteiger partial charge in [-0.2, -0.15) is 0 Å². The molecule has 0 amide bonds. The maximum atomic E-state index is 5.37. The molecular formula is C5H6INS. The molecule has 0 saturated carbocycles. The van der Waals surface area contributed by atoms with E-state index in [0.29, 0.717) is 6.54 Å². The van der Waals surface area contributed by atoms with Gasteiger partial charge in [0.15, 0.2) is 0 Å². The van der Waals surface area contributed by atoms with Crippen molar-refractivity contribution < 1.29 is 0 Å². The summed E-state index contributed by atoms with van der Waals surface area (Å²) in [5.41, 5.74) is 5.37. The van der Waals surface area contributed by atoms with E-state index in [1.165, 1.54) is 7.76 Å². The van der Waals surface area contributed by atoms with Crippen LogP contribution in [-0.2, 0) is 6.54 Å². The molecule has 1 nitrogen and oxygen atoms in total. The highest BCUT2D eigenvalue weighted by Gasteiger charge is 1.91. The van der Waals surface area contributed by atoms with Crippen LogP contribution in [0.1, 0.15) is 4.88 Å². The SMILES string of the molecule is NCc1ccc(I)s1. The van der Waals surface area contributed by atoms with Crippen LogP contribution in [0.15, 0.2) is 12.1 Å². The van der Waals surface area contributed by atoms with Gasteiger partial charge in [0.1, 0.15) is 0 Å². The maximum absolute atomic E-state index is 5.37. The van der Waals surface area contributed by atoms with Crippen LogP contribution in [0.25, 0.3) is 0 Å². The topological polar surface area (TPSA) is 26.0 Å². The van der Waals surface area contributed by atoms with E-state index in [-0.39, 0.29) is 0 Å². The first-order chi connectivity index (χ1) is 3.83. The Labute approximate surface area is 66.0 Å². The zero-order valence-electron chi connectivity index (χ0n) is 4.23. The third-order valence-electron chi connectivity index (χ3n) is 0.830. The Morgan fingerprint density at radius 1 is 1.62 bits per heavy atom. The molecule has 0 spiro atoms. The van der Waals surface area contributed by atoms with Crippen LogP contribution in [0.5, 0.6) is 0 Å². The first-order valence-corrected chi connectivity index (χ1v) is 4.16. The number of nitrogens with two attached hydrogens (primary N) is 1. The van der Waals surface area contributed by atoms with Crippen LogP contribution < -0.4 is 5.73 Å². The van der Waals surface area contributed by atoms with Crippen molar-refractivity contribution in [3.8, 4) is 0 Å². The van der Waals surface area contributed by atoms with Crippen molar-refractivity contribution in [2.24, 2.45) is 5.73 Å². The predicted octanol–water partition coefficient (Wildman–Crippen LogP) is 1.81. The smallest absolute Gasteiger partial charge is 0.0656 e. The van der Waals surface area contributed by atoms with E-state index in [4.69, 9.17) is 5.73 Å². The van der Waals surface area contributed by atoms with Crippen LogP contribution in [0, 0.1) is 2.88 Å². The molecule has 0 unspecified atom stereocenters. The Bertz CT molecular complexity index is 173. The summed E-state index contributed by atoms with van der Waals surface area (Å²) in [5, 5.41) is 0. The summed E-state index contributed by atoms with van der Waals surface area (Å²) in [4.78, 5) is 1.26. The van der Waals surface area contributed by atoms with E-state index in [9.17, 15) is 0 Å². The van der Waals surface area contributed by atoms with Crippen molar-refractivity contribution in [2.75, 3.05) is 0 Å². The molecule has 3 heteroatoms. The average molecular weight is 239 g/mol. The molecule has 0 saturated heterocycles. The fourth-order valence-corrected chi connectivity index (χ4v) is 2.10. The summed E-state index contributed by atoms with van der Waals surface area (Å²) in [6.07, 6.45) is 0. The van der Waals surface area contributed by atoms with Crippen molar-refractivity contribution in [2.45, 2.75) is 6.54 Å². The van der Waals surface area contributed by atoms with Gasteiger partial charge in [0.2, 0.25) is 0 Å². The zero-order valence-corrected chi connectivity index (χ0v) is 7.20. The third-order valence-corrected chi connectivity index (χ3v) is 2.75. The molecular weight excluding hydrogens is 233 g/mol. The second-order valence-corrected chi connectivity index (χ2v) is 4.47. The minimum atomic E-state index is 0.674. The molecule has 0 fully saturated rings. The molecule has 1 aromatic rings. The standard InChI is InChI=1S/C5H6INS/c6-5-2-1-4(3-7)8-5/h1-2H,3,7H2. The number of hydrogen-bond donors (Lipinski definition) is 1. The second-order valence-electron chi connectivity index (χ2n) is 1.41. The number of rotatable bonds is 1. The van der Waals surface area contributed by atoms with Crippen LogP contribution in [0.2, 0.25) is 0 Å². The largest absolute Gasteiger partial charge is 0.326 e. The molecule has 1 heterocycles. The fraction of sp³-hybridized carbons (Fsp3) is 0.200. The van der Waals surface area contributed by atoms with Gasteiger partial charge in [0.05, 0.1) is 2.88 Å². The Balaban J connectivity index is 2.84. The second kappa shape index (κ2) is 2.80. The van der Waals surface area contributed by atoms with Crippen LogP contribution >= 0.6 is 33.9 Å². The summed E-state index contributed by atoms with van der Waals surface area (Å²) in [6.45, 7) is 0.674. The minimum Gasteiger partial charge on any atom is -0.326 e. The molecule has 0 aliphatic carbocycles. The summed E-state index contributed by atoms with van der Waals surface area (Å²) >= 11 is 4.04. The van der Waals surface area contributed by atoms with Crippen LogP contribution in [-0.4, -0.2) is 0 Å². The Hall–Kier alpha value is 0.390. The highest BCUT2D eigenvalue weighted by atomic mass is 127. The predicted molar refractivity (Wildman–Crippen MR) is 44.9 cm³/mol. The average Bonchev–Trinajstić information content (AvgIpc) is 2.14. The van der Waals surface area contributed by atoms with Gasteiger partial charge in [0, 0.05) is 11.4 Å². The Morgan fingerprint density at radius 2 is 2.38 bits per heavy atom. The Kier molecular flexibility index (Phi) is 2.27. The molecule has 8 heavy (non-hydrogen) atoms. The van der Waals surface area contributed by atoms with Gasteiger partial charge in [-0.25, -0.2) is 0 Å². The van der Waals surface area contributed by atoms with Crippen molar-refractivity contribution in [1.82, 2.24) is 0 Å². The van der Waals surface area contributed by atoms with Gasteiger partial charge < -0.3 is 5.73 Å². The zero-order chi connectivity index (χ0) is 5.98. The maximum Gasteiger partial charge on any atom is 0.0656 e. The van der Waals surface area contributed by atoms with Gasteiger partial charge in [-0.3, -0.25) is 0 Å². The van der Waals surface area contributed by atoms with Gasteiger partial charge >= 0.3 is 0 Å². The molecule has 1 rings (SSSR count). The molecule has 0 radical (unpaired) electrons. The molecule has 0 atom stereocenters. The molecule has 2 N–H and O–H groups in total. The van der Waals surface area contributed by atoms with E-state index in [0.717, 1.165) is 0 Å². The lowest BCUT2D eigenvalue weighted by molar-refractivity contribution is 1.11. The quantitative estimate of drug-likeness (QED) is 0.743. The molecule has 0 aliphatic heterocycles. The highest BCUT2D eigenvalue weighted by Crippen LogP contribution is 2.16. The number of halogens is 1. The number of thiophene rings is 1. The number of hydrogen-bond acceptors (Lipinski definition) is 2. The van der Waals surface area contributed by atoms with Gasteiger partial charge in [-0.05, 0) is 34.7 Å². The van der Waals surface area contributed by atoms with E-state index >= 15 is 0 Å². The van der Waals surface area contributed by atoms with E-state index in [1.807, 2.05) is 0 Å². The van der Waals surface area contributed by atoms with Crippen molar-refractivity contribution >= 4 is 33.9 Å². The summed E-state index contributed by atoms with van der Waals surface area (Å²) in [6, 6.07) is 4.14. The third kappa shape index (κ3) is 1.43. The molecule has 44 valence electrons. The first kappa shape index (κ1) is 6.51. The van der Waals surface area contributed by atoms with Crippen LogP contribution in [0.4, 0.5) is 0 Å². The fourth-order valence-electron chi connectivity index (χ4n) is 0.461. The van der Waals surface area contributed by atoms with Crippen molar-refractivity contribution in [3.05, 3.63) is 19.9 Å². The van der Waals surface area contributed by atoms with Crippen molar-refractivity contribution in [3.63, 3.8) is 0 Å². The van der Waals surface area contributed by atoms with Gasteiger partial charge in [-0.1, -0.05) is 0 Å².